The van der Waals surface area contributed by atoms with E-state index in [0.29, 0.717) is 25.2 Å². The van der Waals surface area contributed by atoms with Crippen LogP contribution in [0.4, 0.5) is 11.6 Å². The second-order valence-corrected chi connectivity index (χ2v) is 9.88. The molecule has 0 aliphatic heterocycles. The number of carboxylic acids is 1. The summed E-state index contributed by atoms with van der Waals surface area (Å²) in [5, 5.41) is 13.2. The molecule has 0 amide bonds. The molecule has 0 bridgehead atoms. The van der Waals surface area contributed by atoms with Gasteiger partial charge < -0.3 is 10.4 Å². The van der Waals surface area contributed by atoms with Crippen molar-refractivity contribution >= 4 is 39.3 Å². The van der Waals surface area contributed by atoms with Crippen LogP contribution in [0.3, 0.4) is 0 Å². The summed E-state index contributed by atoms with van der Waals surface area (Å²) < 4.78 is 0. The Hall–Kier alpha value is -4.17. The standard InChI is InChI=1S/C29H27N5O2S/c1-2-21-13-14-25-28(30-21)37-26(34-25)18-24-17-23(16-20-6-4-3-5-7-20)32-29(33-24)31-22-11-8-19(9-12-22)10-15-27(35)36/h3-9,11-14,17H,2,10,15-16,18H2,1H3,(H,35,36)(H,31,32,33). The summed E-state index contributed by atoms with van der Waals surface area (Å²) in [5.41, 5.74) is 6.78. The lowest BCUT2D eigenvalue weighted by Crippen LogP contribution is -2.05. The van der Waals surface area contributed by atoms with Crippen molar-refractivity contribution in [1.29, 1.82) is 0 Å². The number of benzene rings is 2. The average Bonchev–Trinajstić information content (AvgIpc) is 3.30. The molecule has 0 saturated heterocycles. The summed E-state index contributed by atoms with van der Waals surface area (Å²) in [4.78, 5) is 30.9. The summed E-state index contributed by atoms with van der Waals surface area (Å²) in [7, 11) is 0. The molecule has 8 heteroatoms. The van der Waals surface area contributed by atoms with Crippen LogP contribution in [0.5, 0.6) is 0 Å². The molecule has 186 valence electrons. The van der Waals surface area contributed by atoms with Gasteiger partial charge in [-0.1, -0.05) is 60.7 Å². The first-order valence-corrected chi connectivity index (χ1v) is 13.1. The van der Waals surface area contributed by atoms with Crippen molar-refractivity contribution in [3.63, 3.8) is 0 Å². The van der Waals surface area contributed by atoms with Gasteiger partial charge in [0, 0.05) is 30.6 Å². The maximum atomic E-state index is 10.8. The molecule has 0 atom stereocenters. The van der Waals surface area contributed by atoms with Crippen LogP contribution >= 0.6 is 11.3 Å². The molecule has 2 aromatic carbocycles. The fraction of sp³-hybridized carbons (Fsp3) is 0.207. The number of nitrogens with one attached hydrogen (secondary N) is 1. The van der Waals surface area contributed by atoms with Crippen molar-refractivity contribution in [3.8, 4) is 0 Å². The fourth-order valence-electron chi connectivity index (χ4n) is 4.06. The normalized spacial score (nSPS) is 11.1. The number of thiazole rings is 1. The third-order valence-corrected chi connectivity index (χ3v) is 6.92. The molecule has 0 aliphatic rings. The lowest BCUT2D eigenvalue weighted by atomic mass is 10.1. The molecule has 0 saturated carbocycles. The monoisotopic (exact) mass is 509 g/mol. The SMILES string of the molecule is CCc1ccc2nc(Cc3cc(Cc4ccccc4)nc(Nc4ccc(CCC(=O)O)cc4)n3)sc2n1. The number of pyridine rings is 1. The van der Waals surface area contributed by atoms with Gasteiger partial charge in [-0.05, 0) is 54.3 Å². The molecule has 3 heterocycles. The highest BCUT2D eigenvalue weighted by atomic mass is 32.1. The number of aliphatic carboxylic acids is 1. The summed E-state index contributed by atoms with van der Waals surface area (Å²) >= 11 is 1.60. The number of aryl methyl sites for hydroxylation is 2. The van der Waals surface area contributed by atoms with Gasteiger partial charge in [-0.2, -0.15) is 0 Å². The van der Waals surface area contributed by atoms with Crippen molar-refractivity contribution < 1.29 is 9.90 Å². The third kappa shape index (κ3) is 6.54. The zero-order chi connectivity index (χ0) is 25.6. The van der Waals surface area contributed by atoms with E-state index in [2.05, 4.69) is 24.4 Å². The molecular formula is C29H27N5O2S. The molecule has 0 fully saturated rings. The predicted molar refractivity (Wildman–Crippen MR) is 147 cm³/mol. The number of aromatic nitrogens is 4. The van der Waals surface area contributed by atoms with Crippen LogP contribution < -0.4 is 5.32 Å². The molecule has 37 heavy (non-hydrogen) atoms. The molecule has 0 aliphatic carbocycles. The Morgan fingerprint density at radius 3 is 2.32 bits per heavy atom. The quantitative estimate of drug-likeness (QED) is 0.239. The predicted octanol–water partition coefficient (Wildman–Crippen LogP) is 5.99. The Morgan fingerprint density at radius 1 is 0.838 bits per heavy atom. The largest absolute Gasteiger partial charge is 0.481 e. The van der Waals surface area contributed by atoms with Gasteiger partial charge in [0.25, 0.3) is 0 Å². The highest BCUT2D eigenvalue weighted by Crippen LogP contribution is 2.24. The van der Waals surface area contributed by atoms with Crippen LogP contribution in [0, 0.1) is 0 Å². The number of rotatable bonds is 10. The average molecular weight is 510 g/mol. The first-order valence-electron chi connectivity index (χ1n) is 12.3. The number of carbonyl (C=O) groups is 1. The Bertz CT molecular complexity index is 1520. The fourth-order valence-corrected chi connectivity index (χ4v) is 5.03. The zero-order valence-electron chi connectivity index (χ0n) is 20.5. The maximum Gasteiger partial charge on any atom is 0.303 e. The first kappa shape index (κ1) is 24.5. The van der Waals surface area contributed by atoms with Gasteiger partial charge in [0.2, 0.25) is 5.95 Å². The topological polar surface area (TPSA) is 101 Å². The molecule has 0 radical (unpaired) electrons. The Kier molecular flexibility index (Phi) is 7.46. The minimum Gasteiger partial charge on any atom is -0.481 e. The second kappa shape index (κ2) is 11.3. The smallest absolute Gasteiger partial charge is 0.303 e. The van der Waals surface area contributed by atoms with Crippen molar-refractivity contribution in [2.75, 3.05) is 5.32 Å². The van der Waals surface area contributed by atoms with E-state index < -0.39 is 5.97 Å². The maximum absolute atomic E-state index is 10.8. The van der Waals surface area contributed by atoms with E-state index >= 15 is 0 Å². The Labute approximate surface area is 219 Å². The van der Waals surface area contributed by atoms with Crippen molar-refractivity contribution in [3.05, 3.63) is 106 Å². The Balaban J connectivity index is 1.40. The van der Waals surface area contributed by atoms with E-state index in [1.54, 1.807) is 11.3 Å². The minimum absolute atomic E-state index is 0.113. The van der Waals surface area contributed by atoms with Crippen molar-refractivity contribution in [1.82, 2.24) is 19.9 Å². The molecule has 3 aromatic heterocycles. The van der Waals surface area contributed by atoms with Gasteiger partial charge in [-0.25, -0.2) is 19.9 Å². The molecule has 7 nitrogen and oxygen atoms in total. The van der Waals surface area contributed by atoms with Gasteiger partial charge in [-0.15, -0.1) is 0 Å². The van der Waals surface area contributed by atoms with Crippen LogP contribution in [-0.2, 0) is 30.5 Å². The first-order chi connectivity index (χ1) is 18.0. The molecule has 5 rings (SSSR count). The highest BCUT2D eigenvalue weighted by molar-refractivity contribution is 7.18. The van der Waals surface area contributed by atoms with Gasteiger partial charge in [0.15, 0.2) is 0 Å². The summed E-state index contributed by atoms with van der Waals surface area (Å²) in [6.07, 6.45) is 2.80. The van der Waals surface area contributed by atoms with Gasteiger partial charge in [0.05, 0.1) is 11.4 Å². The lowest BCUT2D eigenvalue weighted by Gasteiger charge is -2.10. The molecule has 5 aromatic rings. The minimum atomic E-state index is -0.798. The van der Waals surface area contributed by atoms with E-state index in [1.807, 2.05) is 60.7 Å². The van der Waals surface area contributed by atoms with Gasteiger partial charge in [0.1, 0.15) is 15.4 Å². The highest BCUT2D eigenvalue weighted by Gasteiger charge is 2.12. The van der Waals surface area contributed by atoms with Crippen molar-refractivity contribution in [2.45, 2.75) is 39.0 Å². The van der Waals surface area contributed by atoms with E-state index in [1.165, 1.54) is 5.56 Å². The third-order valence-electron chi connectivity index (χ3n) is 5.95. The molecule has 0 unspecified atom stereocenters. The number of anilines is 2. The van der Waals surface area contributed by atoms with Gasteiger partial charge in [-0.3, -0.25) is 4.79 Å². The van der Waals surface area contributed by atoms with E-state index in [4.69, 9.17) is 25.0 Å². The summed E-state index contributed by atoms with van der Waals surface area (Å²) in [6.45, 7) is 2.10. The Morgan fingerprint density at radius 2 is 1.59 bits per heavy atom. The molecular weight excluding hydrogens is 482 g/mol. The summed E-state index contributed by atoms with van der Waals surface area (Å²) in [5.74, 6) is -0.276. The van der Waals surface area contributed by atoms with E-state index in [-0.39, 0.29) is 6.42 Å². The zero-order valence-corrected chi connectivity index (χ0v) is 21.3. The van der Waals surface area contributed by atoms with E-state index in [0.717, 1.165) is 50.1 Å². The number of hydrogen-bond donors (Lipinski definition) is 2. The van der Waals surface area contributed by atoms with E-state index in [9.17, 15) is 4.79 Å². The molecule has 2 N–H and O–H groups in total. The van der Waals surface area contributed by atoms with Crippen LogP contribution in [0.15, 0.2) is 72.8 Å². The number of fused-ring (bicyclic) bond motifs is 1. The van der Waals surface area contributed by atoms with Crippen LogP contribution in [0.1, 0.15) is 46.6 Å². The summed E-state index contributed by atoms with van der Waals surface area (Å²) in [6, 6.07) is 24.1. The van der Waals surface area contributed by atoms with Crippen LogP contribution in [-0.4, -0.2) is 31.0 Å². The van der Waals surface area contributed by atoms with Crippen molar-refractivity contribution in [2.24, 2.45) is 0 Å². The number of nitrogens with zero attached hydrogens (tertiary/aromatic N) is 4. The van der Waals surface area contributed by atoms with Crippen LogP contribution in [0.2, 0.25) is 0 Å². The van der Waals surface area contributed by atoms with Crippen LogP contribution in [0.25, 0.3) is 10.3 Å². The number of hydrogen-bond acceptors (Lipinski definition) is 7. The lowest BCUT2D eigenvalue weighted by molar-refractivity contribution is -0.136. The second-order valence-electron chi connectivity index (χ2n) is 8.82. The number of carboxylic acid groups (broad SMARTS) is 1. The molecule has 0 spiro atoms. The van der Waals surface area contributed by atoms with Gasteiger partial charge >= 0.3 is 5.97 Å².